The van der Waals surface area contributed by atoms with E-state index < -0.39 is 10.0 Å². The average molecular weight is 302 g/mol. The van der Waals surface area contributed by atoms with Gasteiger partial charge in [0.15, 0.2) is 0 Å². The minimum atomic E-state index is -3.71. The summed E-state index contributed by atoms with van der Waals surface area (Å²) in [5, 5.41) is 13.5. The van der Waals surface area contributed by atoms with Gasteiger partial charge >= 0.3 is 0 Å². The molecule has 0 fully saturated rings. The molecule has 3 aromatic rings. The van der Waals surface area contributed by atoms with Gasteiger partial charge in [-0.05, 0) is 30.3 Å². The van der Waals surface area contributed by atoms with Crippen molar-refractivity contribution < 1.29 is 8.42 Å². The van der Waals surface area contributed by atoms with Gasteiger partial charge in [0.1, 0.15) is 0 Å². The number of aromatic nitrogens is 2. The first-order valence-electron chi connectivity index (χ1n) is 6.26. The quantitative estimate of drug-likeness (QED) is 0.774. The number of benzene rings is 2. The number of anilines is 2. The van der Waals surface area contributed by atoms with Gasteiger partial charge < -0.3 is 5.32 Å². The summed E-state index contributed by atoms with van der Waals surface area (Å²) in [4.78, 5) is 0.0749. The molecule has 0 atom stereocenters. The molecule has 0 spiro atoms. The highest BCUT2D eigenvalue weighted by Crippen LogP contribution is 2.26. The first-order chi connectivity index (χ1) is 9.95. The summed E-state index contributed by atoms with van der Waals surface area (Å²) in [6.45, 7) is 0. The molecule has 0 saturated carbocycles. The minimum absolute atomic E-state index is 0.0749. The van der Waals surface area contributed by atoms with Gasteiger partial charge in [-0.15, -0.1) is 0 Å². The van der Waals surface area contributed by atoms with Crippen LogP contribution < -0.4 is 10.5 Å². The van der Waals surface area contributed by atoms with Crippen LogP contribution in [0.25, 0.3) is 10.9 Å². The molecule has 0 bridgehead atoms. The lowest BCUT2D eigenvalue weighted by molar-refractivity contribution is 0.598. The predicted octanol–water partition coefficient (Wildman–Crippen LogP) is 1.96. The number of sulfonamides is 1. The fourth-order valence-corrected chi connectivity index (χ4v) is 2.75. The van der Waals surface area contributed by atoms with Crippen molar-refractivity contribution in [2.45, 2.75) is 4.90 Å². The van der Waals surface area contributed by atoms with Gasteiger partial charge in [-0.2, -0.15) is 5.10 Å². The van der Waals surface area contributed by atoms with Crippen LogP contribution in [0.3, 0.4) is 0 Å². The molecule has 108 valence electrons. The number of rotatable bonds is 3. The molecule has 1 heterocycles. The van der Waals surface area contributed by atoms with E-state index in [0.717, 1.165) is 16.6 Å². The topological polar surface area (TPSA) is 90.0 Å². The normalized spacial score (nSPS) is 11.7. The Bertz CT molecular complexity index is 916. The molecule has 3 N–H and O–H groups in total. The summed E-state index contributed by atoms with van der Waals surface area (Å²) in [7, 11) is -1.84. The zero-order valence-electron chi connectivity index (χ0n) is 11.3. The zero-order chi connectivity index (χ0) is 15.0. The molecule has 0 aliphatic rings. The average Bonchev–Trinajstić information content (AvgIpc) is 2.81. The lowest BCUT2D eigenvalue weighted by Crippen LogP contribution is -2.12. The second kappa shape index (κ2) is 4.87. The molecule has 0 aliphatic carbocycles. The van der Waals surface area contributed by atoms with Crippen LogP contribution in [0.4, 0.5) is 11.4 Å². The van der Waals surface area contributed by atoms with Crippen molar-refractivity contribution in [1.82, 2.24) is 9.78 Å². The minimum Gasteiger partial charge on any atom is -0.355 e. The highest BCUT2D eigenvalue weighted by molar-refractivity contribution is 7.89. The lowest BCUT2D eigenvalue weighted by atomic mass is 10.2. The zero-order valence-corrected chi connectivity index (χ0v) is 12.1. The van der Waals surface area contributed by atoms with Crippen LogP contribution in [0.15, 0.2) is 53.6 Å². The van der Waals surface area contributed by atoms with E-state index in [1.807, 2.05) is 25.2 Å². The summed E-state index contributed by atoms with van der Waals surface area (Å²) < 4.78 is 24.6. The van der Waals surface area contributed by atoms with E-state index in [2.05, 4.69) is 10.4 Å². The van der Waals surface area contributed by atoms with Crippen molar-refractivity contribution in [2.75, 3.05) is 5.32 Å². The molecule has 7 heteroatoms. The molecule has 0 aliphatic heterocycles. The summed E-state index contributed by atoms with van der Waals surface area (Å²) in [6.07, 6.45) is 1.77. The molecule has 0 saturated heterocycles. The Balaban J connectivity index is 2.03. The Morgan fingerprint density at radius 3 is 2.71 bits per heavy atom. The molecule has 21 heavy (non-hydrogen) atoms. The van der Waals surface area contributed by atoms with E-state index in [1.54, 1.807) is 23.0 Å². The smallest absolute Gasteiger partial charge is 0.238 e. The van der Waals surface area contributed by atoms with Gasteiger partial charge in [0, 0.05) is 23.8 Å². The molecule has 2 aromatic carbocycles. The van der Waals surface area contributed by atoms with Crippen molar-refractivity contribution in [3.05, 3.63) is 48.7 Å². The van der Waals surface area contributed by atoms with Gasteiger partial charge in [0.2, 0.25) is 10.0 Å². The SMILES string of the molecule is Cn1ncc2c(Nc3cccc(S(N)(=O)=O)c3)cccc21. The number of hydrogen-bond acceptors (Lipinski definition) is 4. The largest absolute Gasteiger partial charge is 0.355 e. The molecule has 0 amide bonds. The van der Waals surface area contributed by atoms with E-state index in [-0.39, 0.29) is 4.90 Å². The third-order valence-corrected chi connectivity index (χ3v) is 4.14. The van der Waals surface area contributed by atoms with Gasteiger partial charge in [-0.25, -0.2) is 13.6 Å². The summed E-state index contributed by atoms with van der Waals surface area (Å²) in [6, 6.07) is 12.2. The summed E-state index contributed by atoms with van der Waals surface area (Å²) in [5.41, 5.74) is 2.49. The molecule has 6 nitrogen and oxygen atoms in total. The Labute approximate surface area is 122 Å². The van der Waals surface area contributed by atoms with Crippen molar-refractivity contribution in [1.29, 1.82) is 0 Å². The van der Waals surface area contributed by atoms with Crippen molar-refractivity contribution >= 4 is 32.3 Å². The van der Waals surface area contributed by atoms with E-state index in [4.69, 9.17) is 5.14 Å². The Morgan fingerprint density at radius 2 is 1.95 bits per heavy atom. The highest BCUT2D eigenvalue weighted by atomic mass is 32.2. The second-order valence-corrected chi connectivity index (χ2v) is 6.27. The number of nitrogens with two attached hydrogens (primary N) is 1. The fraction of sp³-hybridized carbons (Fsp3) is 0.0714. The van der Waals surface area contributed by atoms with Gasteiger partial charge in [-0.1, -0.05) is 12.1 Å². The first kappa shape index (κ1) is 13.6. The number of primary sulfonamides is 1. The van der Waals surface area contributed by atoms with Crippen LogP contribution in [0.1, 0.15) is 0 Å². The van der Waals surface area contributed by atoms with Gasteiger partial charge in [-0.3, -0.25) is 4.68 Å². The van der Waals surface area contributed by atoms with Gasteiger partial charge in [0.25, 0.3) is 0 Å². The summed E-state index contributed by atoms with van der Waals surface area (Å²) >= 11 is 0. The van der Waals surface area contributed by atoms with E-state index in [9.17, 15) is 8.42 Å². The highest BCUT2D eigenvalue weighted by Gasteiger charge is 2.09. The Hall–Kier alpha value is -2.38. The molecule has 0 radical (unpaired) electrons. The van der Waals surface area contributed by atoms with Crippen LogP contribution >= 0.6 is 0 Å². The van der Waals surface area contributed by atoms with Crippen molar-refractivity contribution in [3.8, 4) is 0 Å². The molecule has 0 unspecified atom stereocenters. The lowest BCUT2D eigenvalue weighted by Gasteiger charge is -2.09. The fourth-order valence-electron chi connectivity index (χ4n) is 2.19. The Morgan fingerprint density at radius 1 is 1.19 bits per heavy atom. The maximum atomic E-state index is 11.4. The maximum Gasteiger partial charge on any atom is 0.238 e. The van der Waals surface area contributed by atoms with Crippen LogP contribution in [-0.4, -0.2) is 18.2 Å². The van der Waals surface area contributed by atoms with Gasteiger partial charge in [0.05, 0.1) is 16.6 Å². The van der Waals surface area contributed by atoms with Crippen molar-refractivity contribution in [3.63, 3.8) is 0 Å². The number of fused-ring (bicyclic) bond motifs is 1. The molecule has 3 rings (SSSR count). The standard InChI is InChI=1S/C14H14N4O2S/c1-18-14-7-3-6-13(12(14)9-16-18)17-10-4-2-5-11(8-10)21(15,19)20/h2-9,17H,1H3,(H2,15,19,20). The second-order valence-electron chi connectivity index (χ2n) is 4.70. The number of hydrogen-bond donors (Lipinski definition) is 2. The van der Waals surface area contributed by atoms with Crippen LogP contribution in [0.2, 0.25) is 0 Å². The van der Waals surface area contributed by atoms with E-state index >= 15 is 0 Å². The van der Waals surface area contributed by atoms with Crippen molar-refractivity contribution in [2.24, 2.45) is 12.2 Å². The van der Waals surface area contributed by atoms with Crippen LogP contribution in [0.5, 0.6) is 0 Å². The molecular formula is C14H14N4O2S. The Kier molecular flexibility index (Phi) is 3.15. The van der Waals surface area contributed by atoms with E-state index in [1.165, 1.54) is 12.1 Å². The van der Waals surface area contributed by atoms with Crippen LogP contribution in [-0.2, 0) is 17.1 Å². The van der Waals surface area contributed by atoms with E-state index in [0.29, 0.717) is 5.69 Å². The number of nitrogens with zero attached hydrogens (tertiary/aromatic N) is 2. The predicted molar refractivity (Wildman–Crippen MR) is 81.8 cm³/mol. The first-order valence-corrected chi connectivity index (χ1v) is 7.80. The third kappa shape index (κ3) is 2.61. The number of nitrogens with one attached hydrogen (secondary N) is 1. The maximum absolute atomic E-state index is 11.4. The number of aryl methyl sites for hydroxylation is 1. The van der Waals surface area contributed by atoms with Crippen LogP contribution in [0, 0.1) is 0 Å². The third-order valence-electron chi connectivity index (χ3n) is 3.23. The molecular weight excluding hydrogens is 288 g/mol. The summed E-state index contributed by atoms with van der Waals surface area (Å²) in [5.74, 6) is 0. The molecule has 1 aromatic heterocycles. The monoisotopic (exact) mass is 302 g/mol.